The summed E-state index contributed by atoms with van der Waals surface area (Å²) in [6, 6.07) is 0. The summed E-state index contributed by atoms with van der Waals surface area (Å²) in [6.45, 7) is 4.24. The van der Waals surface area contributed by atoms with Crippen molar-refractivity contribution in [3.8, 4) is 0 Å². The van der Waals surface area contributed by atoms with Crippen molar-refractivity contribution < 1.29 is 52.2 Å². The number of allylic oxidation sites excluding steroid dienone is 20. The van der Waals surface area contributed by atoms with E-state index in [-0.39, 0.29) is 25.9 Å². The van der Waals surface area contributed by atoms with E-state index in [1.807, 2.05) is 24.3 Å². The maximum atomic E-state index is 12.9. The minimum absolute atomic E-state index is 0.0463. The van der Waals surface area contributed by atoms with Crippen molar-refractivity contribution in [3.05, 3.63) is 122 Å². The van der Waals surface area contributed by atoms with Gasteiger partial charge in [0.05, 0.1) is 19.8 Å². The van der Waals surface area contributed by atoms with Crippen LogP contribution >= 0.6 is 7.82 Å². The van der Waals surface area contributed by atoms with E-state index < -0.39 is 57.8 Å². The molecule has 0 radical (unpaired) electrons. The number of carbonyl (C=O) groups is 3. The lowest BCUT2D eigenvalue weighted by Crippen LogP contribution is -2.30. The molecule has 0 saturated heterocycles. The van der Waals surface area contributed by atoms with Gasteiger partial charge in [0.2, 0.25) is 0 Å². The van der Waals surface area contributed by atoms with Gasteiger partial charge in [-0.25, -0.2) is 4.57 Å². The Hall–Kier alpha value is -4.12. The second kappa shape index (κ2) is 55.1. The lowest BCUT2D eigenvalue weighted by molar-refractivity contribution is -0.161. The first-order chi connectivity index (χ1) is 36.2. The van der Waals surface area contributed by atoms with Crippen molar-refractivity contribution in [2.24, 2.45) is 0 Å². The fraction of sp³-hybridized carbons (Fsp3) is 0.629. The first-order valence-corrected chi connectivity index (χ1v) is 29.9. The van der Waals surface area contributed by atoms with Gasteiger partial charge >= 0.3 is 25.7 Å². The number of unbranched alkanes of at least 4 members (excludes halogenated alkanes) is 14. The molecule has 0 aliphatic carbocycles. The maximum Gasteiger partial charge on any atom is 0.472 e. The zero-order valence-electron chi connectivity index (χ0n) is 46.3. The summed E-state index contributed by atoms with van der Waals surface area (Å²) in [4.78, 5) is 48.5. The van der Waals surface area contributed by atoms with E-state index in [0.29, 0.717) is 25.7 Å². The van der Waals surface area contributed by atoms with Crippen molar-refractivity contribution in [1.29, 1.82) is 0 Å². The highest BCUT2D eigenvalue weighted by atomic mass is 31.2. The minimum atomic E-state index is -4.79. The van der Waals surface area contributed by atoms with Crippen LogP contribution in [-0.2, 0) is 42.2 Å². The number of esters is 3. The van der Waals surface area contributed by atoms with Crippen LogP contribution < -0.4 is 0 Å². The second-order valence-corrected chi connectivity index (χ2v) is 19.8. The van der Waals surface area contributed by atoms with Crippen LogP contribution in [0.15, 0.2) is 122 Å². The van der Waals surface area contributed by atoms with Gasteiger partial charge < -0.3 is 24.2 Å². The van der Waals surface area contributed by atoms with E-state index in [2.05, 4.69) is 118 Å². The molecule has 0 fully saturated rings. The molecule has 420 valence electrons. The number of aliphatic hydroxyl groups excluding tert-OH is 1. The Balaban J connectivity index is 4.89. The smallest absolute Gasteiger partial charge is 0.462 e. The van der Waals surface area contributed by atoms with Crippen LogP contribution in [0.4, 0.5) is 0 Å². The molecule has 74 heavy (non-hydrogen) atoms. The Labute approximate surface area is 449 Å². The fourth-order valence-electron chi connectivity index (χ4n) is 7.10. The van der Waals surface area contributed by atoms with Crippen molar-refractivity contribution in [2.75, 3.05) is 26.4 Å². The fourth-order valence-corrected chi connectivity index (χ4v) is 7.89. The van der Waals surface area contributed by atoms with Gasteiger partial charge in [-0.3, -0.25) is 23.4 Å². The van der Waals surface area contributed by atoms with Gasteiger partial charge in [-0.2, -0.15) is 0 Å². The van der Waals surface area contributed by atoms with Crippen LogP contribution in [0.25, 0.3) is 0 Å². The summed E-state index contributed by atoms with van der Waals surface area (Å²) in [5.41, 5.74) is 0. The molecule has 12 heteroatoms. The predicted octanol–water partition coefficient (Wildman–Crippen LogP) is 16.8. The van der Waals surface area contributed by atoms with Crippen molar-refractivity contribution >= 4 is 25.7 Å². The number of ether oxygens (including phenoxy) is 3. The zero-order chi connectivity index (χ0) is 54.1. The lowest BCUT2D eigenvalue weighted by Gasteiger charge is -2.21. The van der Waals surface area contributed by atoms with Gasteiger partial charge in [-0.1, -0.05) is 206 Å². The van der Waals surface area contributed by atoms with Gasteiger partial charge in [0.1, 0.15) is 12.7 Å². The Morgan fingerprint density at radius 3 is 1.22 bits per heavy atom. The second-order valence-electron chi connectivity index (χ2n) is 18.3. The Bertz CT molecular complexity index is 1700. The molecule has 0 saturated carbocycles. The molecule has 11 nitrogen and oxygen atoms in total. The Morgan fingerprint density at radius 1 is 0.392 bits per heavy atom. The average molecular weight is 1050 g/mol. The van der Waals surface area contributed by atoms with Crippen molar-refractivity contribution in [1.82, 2.24) is 0 Å². The highest BCUT2D eigenvalue weighted by Crippen LogP contribution is 2.43. The molecule has 0 bridgehead atoms. The molecule has 0 aromatic carbocycles. The first kappa shape index (κ1) is 69.9. The summed E-state index contributed by atoms with van der Waals surface area (Å²) in [6.07, 6.45) is 67.6. The van der Waals surface area contributed by atoms with Crippen LogP contribution in [-0.4, -0.2) is 66.5 Å². The van der Waals surface area contributed by atoms with Crippen LogP contribution in [0.2, 0.25) is 0 Å². The molecule has 3 atom stereocenters. The molecule has 0 aromatic rings. The van der Waals surface area contributed by atoms with E-state index in [4.69, 9.17) is 23.3 Å². The van der Waals surface area contributed by atoms with Crippen LogP contribution in [0.5, 0.6) is 0 Å². The molecule has 0 aliphatic rings. The summed E-state index contributed by atoms with van der Waals surface area (Å²) in [5.74, 6) is -1.64. The lowest BCUT2D eigenvalue weighted by atomic mass is 10.1. The van der Waals surface area contributed by atoms with E-state index in [1.165, 1.54) is 57.8 Å². The quantitative estimate of drug-likeness (QED) is 0.0197. The standard InChI is InChI=1S/C62H101O11P/c1-4-7-10-13-16-19-22-25-27-29-31-34-36-39-42-45-48-51-60(64)69-55-59(73-62(66)53-50-47-44-41-38-35-32-30-28-26-23-20-17-14-11-8-5-2)57-71-74(67,68)70-56-58(54-63)72-61(65)52-49-46-43-40-37-33-24-21-18-15-12-9-6-3/h7,9-10,12,16,18-19,21,25-28,31,33-34,37,39,42-43,46,58-59,63H,4-6,8,11,13-15,17,20,22-24,29-30,32,35-36,38,40-41,44-45,47-57H2,1-3H3,(H,67,68)/b10-7-,12-9-,19-16-,21-18-,27-25-,28-26-,34-31-,37-33-,42-39-,46-43-. The minimum Gasteiger partial charge on any atom is -0.462 e. The maximum absolute atomic E-state index is 12.9. The van der Waals surface area contributed by atoms with Gasteiger partial charge in [-0.15, -0.1) is 0 Å². The Morgan fingerprint density at radius 2 is 0.743 bits per heavy atom. The number of aliphatic hydroxyl groups is 1. The molecule has 2 N–H and O–H groups in total. The third-order valence-electron chi connectivity index (χ3n) is 11.4. The highest BCUT2D eigenvalue weighted by Gasteiger charge is 2.28. The van der Waals surface area contributed by atoms with Gasteiger partial charge in [0, 0.05) is 19.3 Å². The van der Waals surface area contributed by atoms with Gasteiger partial charge in [0.15, 0.2) is 6.10 Å². The van der Waals surface area contributed by atoms with E-state index in [1.54, 1.807) is 0 Å². The third kappa shape index (κ3) is 52.7. The van der Waals surface area contributed by atoms with Crippen molar-refractivity contribution in [2.45, 2.75) is 226 Å². The monoisotopic (exact) mass is 1050 g/mol. The molecular formula is C62H101O11P. The molecule has 0 rings (SSSR count). The summed E-state index contributed by atoms with van der Waals surface area (Å²) >= 11 is 0. The van der Waals surface area contributed by atoms with Crippen molar-refractivity contribution in [3.63, 3.8) is 0 Å². The molecule has 0 aromatic heterocycles. The number of carbonyl (C=O) groups excluding carboxylic acids is 3. The average Bonchev–Trinajstić information content (AvgIpc) is 3.39. The highest BCUT2D eigenvalue weighted by molar-refractivity contribution is 7.47. The largest absolute Gasteiger partial charge is 0.472 e. The van der Waals surface area contributed by atoms with E-state index >= 15 is 0 Å². The molecule has 0 amide bonds. The Kier molecular flexibility index (Phi) is 52.1. The SMILES string of the molecule is CC/C=C\C/C=C\C/C=C\C/C=C\C/C=C\CCCC(=O)OCC(COP(=O)(O)OCC(CO)OC(=O)CC/C=C\C/C=C\C/C=C\C/C=C\CC)OC(=O)CCCCCCCCC/C=C\CCCCCCCC. The molecular weight excluding hydrogens is 952 g/mol. The molecule has 0 aliphatic heterocycles. The normalized spacial score (nSPS) is 14.3. The number of hydrogen-bond acceptors (Lipinski definition) is 10. The van der Waals surface area contributed by atoms with Crippen LogP contribution in [0.1, 0.15) is 213 Å². The van der Waals surface area contributed by atoms with Crippen LogP contribution in [0, 0.1) is 0 Å². The molecule has 0 spiro atoms. The molecule has 3 unspecified atom stereocenters. The zero-order valence-corrected chi connectivity index (χ0v) is 47.2. The van der Waals surface area contributed by atoms with E-state index in [0.717, 1.165) is 89.9 Å². The predicted molar refractivity (Wildman–Crippen MR) is 306 cm³/mol. The third-order valence-corrected chi connectivity index (χ3v) is 12.3. The number of hydrogen-bond donors (Lipinski definition) is 2. The molecule has 0 heterocycles. The summed E-state index contributed by atoms with van der Waals surface area (Å²) in [5, 5.41) is 9.78. The summed E-state index contributed by atoms with van der Waals surface area (Å²) in [7, 11) is -4.79. The first-order valence-electron chi connectivity index (χ1n) is 28.4. The number of phosphoric ester groups is 1. The van der Waals surface area contributed by atoms with Gasteiger partial charge in [0.25, 0.3) is 0 Å². The number of rotatable bonds is 51. The summed E-state index contributed by atoms with van der Waals surface area (Å²) < 4.78 is 39.3. The number of phosphoric acid groups is 1. The van der Waals surface area contributed by atoms with E-state index in [9.17, 15) is 28.9 Å². The topological polar surface area (TPSA) is 155 Å². The van der Waals surface area contributed by atoms with Gasteiger partial charge in [-0.05, 0) is 109 Å². The van der Waals surface area contributed by atoms with Crippen LogP contribution in [0.3, 0.4) is 0 Å².